The molecular formula is C10H6BrCl2N. The summed E-state index contributed by atoms with van der Waals surface area (Å²) < 4.78 is 0.851. The molecule has 1 heterocycles. The Bertz CT molecular complexity index is 511. The van der Waals surface area contributed by atoms with Crippen molar-refractivity contribution in [3.63, 3.8) is 0 Å². The minimum atomic E-state index is 0.639. The maximum atomic E-state index is 6.06. The van der Waals surface area contributed by atoms with Gasteiger partial charge in [-0.2, -0.15) is 0 Å². The SMILES string of the molecule is Cc1nc2ccc(Cl)cc2c(Br)c1Cl. The number of aryl methyl sites for hydroxylation is 1. The lowest BCUT2D eigenvalue weighted by atomic mass is 10.2. The second kappa shape index (κ2) is 3.69. The van der Waals surface area contributed by atoms with Crippen LogP contribution in [-0.2, 0) is 0 Å². The summed E-state index contributed by atoms with van der Waals surface area (Å²) in [5.74, 6) is 0. The van der Waals surface area contributed by atoms with Gasteiger partial charge in [0.1, 0.15) is 0 Å². The number of hydrogen-bond acceptors (Lipinski definition) is 1. The first-order valence-electron chi connectivity index (χ1n) is 4.00. The summed E-state index contributed by atoms with van der Waals surface area (Å²) in [5, 5.41) is 2.26. The van der Waals surface area contributed by atoms with E-state index in [0.717, 1.165) is 21.1 Å². The van der Waals surface area contributed by atoms with Gasteiger partial charge in [-0.25, -0.2) is 0 Å². The number of rotatable bonds is 0. The molecule has 0 atom stereocenters. The van der Waals surface area contributed by atoms with Crippen molar-refractivity contribution in [3.8, 4) is 0 Å². The molecule has 0 fully saturated rings. The van der Waals surface area contributed by atoms with Crippen molar-refractivity contribution in [3.05, 3.63) is 38.4 Å². The van der Waals surface area contributed by atoms with Crippen LogP contribution >= 0.6 is 39.1 Å². The third-order valence-corrected chi connectivity index (χ3v) is 3.74. The zero-order valence-electron chi connectivity index (χ0n) is 7.31. The van der Waals surface area contributed by atoms with E-state index in [2.05, 4.69) is 20.9 Å². The molecule has 0 aliphatic heterocycles. The Morgan fingerprint density at radius 1 is 1.29 bits per heavy atom. The number of hydrogen-bond donors (Lipinski definition) is 0. The fraction of sp³-hybridized carbons (Fsp3) is 0.100. The molecule has 0 aliphatic rings. The molecule has 0 spiro atoms. The van der Waals surface area contributed by atoms with Crippen LogP contribution < -0.4 is 0 Å². The van der Waals surface area contributed by atoms with Gasteiger partial charge in [-0.1, -0.05) is 23.2 Å². The fourth-order valence-corrected chi connectivity index (χ4v) is 2.21. The number of halogens is 3. The molecule has 1 nitrogen and oxygen atoms in total. The Labute approximate surface area is 100 Å². The van der Waals surface area contributed by atoms with Gasteiger partial charge in [0.15, 0.2) is 0 Å². The van der Waals surface area contributed by atoms with Gasteiger partial charge in [-0.05, 0) is 41.1 Å². The first kappa shape index (κ1) is 10.2. The van der Waals surface area contributed by atoms with Crippen LogP contribution in [0.4, 0.5) is 0 Å². The third-order valence-electron chi connectivity index (χ3n) is 1.99. The predicted molar refractivity (Wildman–Crippen MR) is 64.2 cm³/mol. The predicted octanol–water partition coefficient (Wildman–Crippen LogP) is 4.61. The molecule has 1 aromatic carbocycles. The van der Waals surface area contributed by atoms with Crippen LogP contribution in [0.25, 0.3) is 10.9 Å². The largest absolute Gasteiger partial charge is 0.251 e. The van der Waals surface area contributed by atoms with E-state index in [1.165, 1.54) is 0 Å². The molecule has 2 aromatic rings. The van der Waals surface area contributed by atoms with E-state index in [0.29, 0.717) is 10.0 Å². The summed E-state index contributed by atoms with van der Waals surface area (Å²) in [6.45, 7) is 1.88. The van der Waals surface area contributed by atoms with E-state index in [-0.39, 0.29) is 0 Å². The molecule has 0 saturated carbocycles. The average molecular weight is 291 g/mol. The van der Waals surface area contributed by atoms with E-state index in [9.17, 15) is 0 Å². The maximum absolute atomic E-state index is 6.06. The number of aromatic nitrogens is 1. The smallest absolute Gasteiger partial charge is 0.0767 e. The van der Waals surface area contributed by atoms with Gasteiger partial charge in [0.05, 0.1) is 16.2 Å². The third kappa shape index (κ3) is 1.62. The number of benzene rings is 1. The molecule has 1 aromatic heterocycles. The van der Waals surface area contributed by atoms with Crippen molar-refractivity contribution in [1.29, 1.82) is 0 Å². The highest BCUT2D eigenvalue weighted by atomic mass is 79.9. The van der Waals surface area contributed by atoms with E-state index in [4.69, 9.17) is 23.2 Å². The molecule has 0 bridgehead atoms. The molecule has 0 N–H and O–H groups in total. The Balaban J connectivity index is 2.92. The van der Waals surface area contributed by atoms with Crippen molar-refractivity contribution < 1.29 is 0 Å². The fourth-order valence-electron chi connectivity index (χ4n) is 1.29. The van der Waals surface area contributed by atoms with Crippen molar-refractivity contribution in [1.82, 2.24) is 4.98 Å². The molecule has 2 rings (SSSR count). The average Bonchev–Trinajstić information content (AvgIpc) is 2.16. The van der Waals surface area contributed by atoms with E-state index in [1.54, 1.807) is 0 Å². The van der Waals surface area contributed by atoms with E-state index in [1.807, 2.05) is 25.1 Å². The number of nitrogens with zero attached hydrogens (tertiary/aromatic N) is 1. The standard InChI is InChI=1S/C10H6BrCl2N/c1-5-10(13)9(11)7-4-6(12)2-3-8(7)14-5/h2-4H,1H3. The number of pyridine rings is 1. The molecule has 72 valence electrons. The molecule has 0 aliphatic carbocycles. The summed E-state index contributed by atoms with van der Waals surface area (Å²) in [7, 11) is 0. The number of fused-ring (bicyclic) bond motifs is 1. The maximum Gasteiger partial charge on any atom is 0.0767 e. The van der Waals surface area contributed by atoms with Gasteiger partial charge >= 0.3 is 0 Å². The quantitative estimate of drug-likeness (QED) is 0.690. The Hall–Kier alpha value is -0.310. The first-order valence-corrected chi connectivity index (χ1v) is 5.55. The van der Waals surface area contributed by atoms with Gasteiger partial charge in [0.2, 0.25) is 0 Å². The summed E-state index contributed by atoms with van der Waals surface area (Å²) in [6, 6.07) is 5.54. The Morgan fingerprint density at radius 3 is 2.71 bits per heavy atom. The molecule has 0 radical (unpaired) electrons. The zero-order chi connectivity index (χ0) is 10.3. The van der Waals surface area contributed by atoms with Crippen LogP contribution in [-0.4, -0.2) is 4.98 Å². The topological polar surface area (TPSA) is 12.9 Å². The monoisotopic (exact) mass is 289 g/mol. The summed E-state index contributed by atoms with van der Waals surface area (Å²) >= 11 is 15.4. The lowest BCUT2D eigenvalue weighted by molar-refractivity contribution is 1.25. The van der Waals surface area contributed by atoms with Crippen LogP contribution in [0.15, 0.2) is 22.7 Å². The van der Waals surface area contributed by atoms with Crippen LogP contribution in [0.5, 0.6) is 0 Å². The van der Waals surface area contributed by atoms with Gasteiger partial charge in [-0.15, -0.1) is 0 Å². The van der Waals surface area contributed by atoms with Crippen molar-refractivity contribution >= 4 is 50.0 Å². The summed E-state index contributed by atoms with van der Waals surface area (Å²) in [6.07, 6.45) is 0. The lowest BCUT2D eigenvalue weighted by Gasteiger charge is -2.05. The normalized spacial score (nSPS) is 10.9. The molecule has 14 heavy (non-hydrogen) atoms. The van der Waals surface area contributed by atoms with Crippen molar-refractivity contribution in [2.75, 3.05) is 0 Å². The minimum absolute atomic E-state index is 0.639. The molecule has 0 amide bonds. The molecular weight excluding hydrogens is 285 g/mol. The van der Waals surface area contributed by atoms with Gasteiger partial charge in [0, 0.05) is 14.9 Å². The highest BCUT2D eigenvalue weighted by molar-refractivity contribution is 9.10. The van der Waals surface area contributed by atoms with Crippen molar-refractivity contribution in [2.24, 2.45) is 0 Å². The second-order valence-corrected chi connectivity index (χ2v) is 4.59. The van der Waals surface area contributed by atoms with Gasteiger partial charge < -0.3 is 0 Å². The highest BCUT2D eigenvalue weighted by Gasteiger charge is 2.08. The van der Waals surface area contributed by atoms with Crippen LogP contribution in [0, 0.1) is 6.92 Å². The Morgan fingerprint density at radius 2 is 2.00 bits per heavy atom. The van der Waals surface area contributed by atoms with Crippen molar-refractivity contribution in [2.45, 2.75) is 6.92 Å². The minimum Gasteiger partial charge on any atom is -0.251 e. The van der Waals surface area contributed by atoms with Gasteiger partial charge in [-0.3, -0.25) is 4.98 Å². The Kier molecular flexibility index (Phi) is 2.69. The zero-order valence-corrected chi connectivity index (χ0v) is 10.4. The summed E-state index contributed by atoms with van der Waals surface area (Å²) in [5.41, 5.74) is 1.71. The molecule has 0 saturated heterocycles. The first-order chi connectivity index (χ1) is 6.59. The lowest BCUT2D eigenvalue weighted by Crippen LogP contribution is -1.87. The molecule has 0 unspecified atom stereocenters. The molecule has 4 heteroatoms. The summed E-state index contributed by atoms with van der Waals surface area (Å²) in [4.78, 5) is 4.36. The van der Waals surface area contributed by atoms with Crippen LogP contribution in [0.3, 0.4) is 0 Å². The van der Waals surface area contributed by atoms with E-state index < -0.39 is 0 Å². The van der Waals surface area contributed by atoms with Crippen LogP contribution in [0.2, 0.25) is 10.0 Å². The van der Waals surface area contributed by atoms with Gasteiger partial charge in [0.25, 0.3) is 0 Å². The van der Waals surface area contributed by atoms with Crippen LogP contribution in [0.1, 0.15) is 5.69 Å². The van der Waals surface area contributed by atoms with E-state index >= 15 is 0 Å². The highest BCUT2D eigenvalue weighted by Crippen LogP contribution is 2.33. The second-order valence-electron chi connectivity index (χ2n) is 2.99.